The molecule has 0 atom stereocenters. The highest BCUT2D eigenvalue weighted by Gasteiger charge is 2.09. The standard InChI is InChI=1S/C12H14N2O4/c1-8(2)14-5-11(4-13-14)18-7-10-3-9(6-17-10)12(15)16/h3-6,8H,7H2,1-2H3,(H,15,16). The summed E-state index contributed by atoms with van der Waals surface area (Å²) < 4.78 is 12.3. The number of carbonyl (C=O) groups is 1. The van der Waals surface area contributed by atoms with Gasteiger partial charge in [-0.25, -0.2) is 4.79 Å². The van der Waals surface area contributed by atoms with Crippen molar-refractivity contribution in [2.24, 2.45) is 0 Å². The average molecular weight is 250 g/mol. The Hall–Kier alpha value is -2.24. The van der Waals surface area contributed by atoms with Gasteiger partial charge in [-0.15, -0.1) is 0 Å². The number of aromatic nitrogens is 2. The summed E-state index contributed by atoms with van der Waals surface area (Å²) in [5, 5.41) is 12.9. The molecule has 0 aromatic carbocycles. The number of aromatic carboxylic acids is 1. The molecule has 6 nitrogen and oxygen atoms in total. The van der Waals surface area contributed by atoms with Crippen LogP contribution in [0.3, 0.4) is 0 Å². The highest BCUT2D eigenvalue weighted by atomic mass is 16.5. The van der Waals surface area contributed by atoms with Gasteiger partial charge in [0.25, 0.3) is 0 Å². The minimum atomic E-state index is -1.02. The number of nitrogens with zero attached hydrogens (tertiary/aromatic N) is 2. The van der Waals surface area contributed by atoms with Crippen molar-refractivity contribution in [1.29, 1.82) is 0 Å². The Morgan fingerprint density at radius 3 is 2.94 bits per heavy atom. The van der Waals surface area contributed by atoms with Crippen LogP contribution < -0.4 is 4.74 Å². The number of carboxylic acids is 1. The second-order valence-corrected chi connectivity index (χ2v) is 4.15. The van der Waals surface area contributed by atoms with Crippen LogP contribution in [0, 0.1) is 0 Å². The molecule has 2 aromatic heterocycles. The van der Waals surface area contributed by atoms with E-state index in [1.807, 2.05) is 13.8 Å². The monoisotopic (exact) mass is 250 g/mol. The van der Waals surface area contributed by atoms with Crippen LogP contribution in [0.1, 0.15) is 36.0 Å². The predicted molar refractivity (Wildman–Crippen MR) is 62.6 cm³/mol. The van der Waals surface area contributed by atoms with E-state index in [2.05, 4.69) is 5.10 Å². The lowest BCUT2D eigenvalue weighted by molar-refractivity contribution is 0.0696. The molecule has 18 heavy (non-hydrogen) atoms. The molecule has 0 spiro atoms. The van der Waals surface area contributed by atoms with Crippen LogP contribution in [0.5, 0.6) is 5.75 Å². The maximum Gasteiger partial charge on any atom is 0.338 e. The van der Waals surface area contributed by atoms with Crippen LogP contribution >= 0.6 is 0 Å². The number of ether oxygens (including phenoxy) is 1. The van der Waals surface area contributed by atoms with E-state index < -0.39 is 5.97 Å². The van der Waals surface area contributed by atoms with Crippen LogP contribution in [0.15, 0.2) is 29.1 Å². The summed E-state index contributed by atoms with van der Waals surface area (Å²) in [5.74, 6) is 0.0688. The lowest BCUT2D eigenvalue weighted by Gasteiger charge is -2.03. The van der Waals surface area contributed by atoms with Gasteiger partial charge in [0, 0.05) is 6.04 Å². The molecule has 0 saturated carbocycles. The fourth-order valence-electron chi connectivity index (χ4n) is 1.40. The normalized spacial score (nSPS) is 10.8. The molecule has 0 amide bonds. The van der Waals surface area contributed by atoms with E-state index in [0.717, 1.165) is 0 Å². The lowest BCUT2D eigenvalue weighted by atomic mass is 10.3. The molecule has 1 N–H and O–H groups in total. The lowest BCUT2D eigenvalue weighted by Crippen LogP contribution is -2.00. The van der Waals surface area contributed by atoms with Gasteiger partial charge in [-0.1, -0.05) is 0 Å². The molecule has 0 saturated heterocycles. The summed E-state index contributed by atoms with van der Waals surface area (Å²) in [7, 11) is 0. The van der Waals surface area contributed by atoms with E-state index >= 15 is 0 Å². The van der Waals surface area contributed by atoms with Crippen LogP contribution in [0.2, 0.25) is 0 Å². The first-order valence-electron chi connectivity index (χ1n) is 5.54. The zero-order valence-corrected chi connectivity index (χ0v) is 10.2. The minimum absolute atomic E-state index is 0.117. The first kappa shape index (κ1) is 12.2. The summed E-state index contributed by atoms with van der Waals surface area (Å²) in [6.45, 7) is 4.21. The highest BCUT2D eigenvalue weighted by molar-refractivity contribution is 5.87. The maximum atomic E-state index is 10.7. The average Bonchev–Trinajstić information content (AvgIpc) is 2.95. The van der Waals surface area contributed by atoms with Crippen molar-refractivity contribution in [3.63, 3.8) is 0 Å². The van der Waals surface area contributed by atoms with Crippen LogP contribution in [0.25, 0.3) is 0 Å². The van der Waals surface area contributed by atoms with Gasteiger partial charge < -0.3 is 14.3 Å². The topological polar surface area (TPSA) is 77.5 Å². The maximum absolute atomic E-state index is 10.7. The van der Waals surface area contributed by atoms with Gasteiger partial charge in [-0.05, 0) is 19.9 Å². The van der Waals surface area contributed by atoms with Gasteiger partial charge in [0.1, 0.15) is 18.6 Å². The van der Waals surface area contributed by atoms with Crippen molar-refractivity contribution in [1.82, 2.24) is 9.78 Å². The molecule has 0 radical (unpaired) electrons. The van der Waals surface area contributed by atoms with Gasteiger partial charge in [0.15, 0.2) is 5.75 Å². The van der Waals surface area contributed by atoms with Gasteiger partial charge >= 0.3 is 5.97 Å². The number of hydrogen-bond acceptors (Lipinski definition) is 4. The summed E-state index contributed by atoms with van der Waals surface area (Å²) >= 11 is 0. The SMILES string of the molecule is CC(C)n1cc(OCc2cc(C(=O)O)co2)cn1. The van der Waals surface area contributed by atoms with E-state index in [4.69, 9.17) is 14.3 Å². The Bertz CT molecular complexity index is 542. The largest absolute Gasteiger partial charge is 0.482 e. The summed E-state index contributed by atoms with van der Waals surface area (Å²) in [6.07, 6.45) is 4.59. The van der Waals surface area contributed by atoms with Gasteiger partial charge in [-0.3, -0.25) is 4.68 Å². The highest BCUT2D eigenvalue weighted by Crippen LogP contribution is 2.15. The molecular weight excluding hydrogens is 236 g/mol. The zero-order chi connectivity index (χ0) is 13.1. The molecule has 0 aliphatic heterocycles. The van der Waals surface area contributed by atoms with Gasteiger partial charge in [0.2, 0.25) is 0 Å². The molecule has 0 unspecified atom stereocenters. The van der Waals surface area contributed by atoms with Crippen LogP contribution in [-0.4, -0.2) is 20.9 Å². The van der Waals surface area contributed by atoms with E-state index in [1.165, 1.54) is 12.3 Å². The van der Waals surface area contributed by atoms with Crippen LogP contribution in [0.4, 0.5) is 0 Å². The van der Waals surface area contributed by atoms with Crippen molar-refractivity contribution in [3.8, 4) is 5.75 Å². The number of furan rings is 1. The molecule has 0 aliphatic carbocycles. The second-order valence-electron chi connectivity index (χ2n) is 4.15. The third-order valence-electron chi connectivity index (χ3n) is 2.39. The Morgan fingerprint density at radius 2 is 2.39 bits per heavy atom. The Balaban J connectivity index is 1.95. The van der Waals surface area contributed by atoms with E-state index in [9.17, 15) is 4.79 Å². The van der Waals surface area contributed by atoms with E-state index in [0.29, 0.717) is 11.5 Å². The van der Waals surface area contributed by atoms with Gasteiger partial charge in [0.05, 0.1) is 18.0 Å². The molecule has 2 aromatic rings. The molecule has 6 heteroatoms. The Labute approximate surface area is 104 Å². The molecule has 2 rings (SSSR count). The van der Waals surface area contributed by atoms with Crippen molar-refractivity contribution in [2.45, 2.75) is 26.5 Å². The summed E-state index contributed by atoms with van der Waals surface area (Å²) in [6, 6.07) is 1.71. The van der Waals surface area contributed by atoms with Crippen molar-refractivity contribution >= 4 is 5.97 Å². The van der Waals surface area contributed by atoms with Crippen molar-refractivity contribution in [2.75, 3.05) is 0 Å². The Morgan fingerprint density at radius 1 is 1.61 bits per heavy atom. The predicted octanol–water partition coefficient (Wildman–Crippen LogP) is 2.33. The van der Waals surface area contributed by atoms with Crippen molar-refractivity contribution < 1.29 is 19.1 Å². The van der Waals surface area contributed by atoms with E-state index in [-0.39, 0.29) is 18.2 Å². The van der Waals surface area contributed by atoms with Crippen molar-refractivity contribution in [3.05, 3.63) is 36.0 Å². The minimum Gasteiger partial charge on any atom is -0.482 e. The van der Waals surface area contributed by atoms with E-state index in [1.54, 1.807) is 17.1 Å². The van der Waals surface area contributed by atoms with Gasteiger partial charge in [-0.2, -0.15) is 5.10 Å². The Kier molecular flexibility index (Phi) is 3.36. The third kappa shape index (κ3) is 2.71. The smallest absolute Gasteiger partial charge is 0.338 e. The first-order chi connectivity index (χ1) is 8.56. The summed E-state index contributed by atoms with van der Waals surface area (Å²) in [4.78, 5) is 10.7. The molecule has 0 bridgehead atoms. The fourth-order valence-corrected chi connectivity index (χ4v) is 1.40. The molecule has 2 heterocycles. The number of carboxylic acid groups (broad SMARTS) is 1. The molecule has 0 fully saturated rings. The quantitative estimate of drug-likeness (QED) is 0.881. The fraction of sp³-hybridized carbons (Fsp3) is 0.333. The number of rotatable bonds is 5. The number of hydrogen-bond donors (Lipinski definition) is 1. The zero-order valence-electron chi connectivity index (χ0n) is 10.2. The molecule has 0 aliphatic rings. The summed E-state index contributed by atoms with van der Waals surface area (Å²) in [5.41, 5.74) is 0.117. The third-order valence-corrected chi connectivity index (χ3v) is 2.39. The molecule has 96 valence electrons. The molecular formula is C12H14N2O4. The second kappa shape index (κ2) is 4.95. The van der Waals surface area contributed by atoms with Crippen LogP contribution in [-0.2, 0) is 6.61 Å². The first-order valence-corrected chi connectivity index (χ1v) is 5.54.